The number of carbonyl (C=O) groups is 1. The lowest BCUT2D eigenvalue weighted by Crippen LogP contribution is -2.45. The predicted molar refractivity (Wildman–Crippen MR) is 65.6 cm³/mol. The molecular formula is C11H19Cl2NO2. The molecule has 1 saturated carbocycles. The molecule has 1 rings (SSSR count). The monoisotopic (exact) mass is 267 g/mol. The molecule has 0 aromatic rings. The average Bonchev–Trinajstić information content (AvgIpc) is 2.83. The molecule has 3 nitrogen and oxygen atoms in total. The first-order valence-electron chi connectivity index (χ1n) is 5.58. The van der Waals surface area contributed by atoms with Gasteiger partial charge >= 0.3 is 0 Å². The number of carbonyl (C=O) groups excluding carboxylic acids is 1. The summed E-state index contributed by atoms with van der Waals surface area (Å²) in [4.78, 5) is 11.6. The van der Waals surface area contributed by atoms with Crippen molar-refractivity contribution in [2.75, 3.05) is 6.54 Å². The van der Waals surface area contributed by atoms with E-state index in [2.05, 4.69) is 5.32 Å². The molecule has 0 aliphatic heterocycles. The second-order valence-electron chi connectivity index (χ2n) is 4.90. The third kappa shape index (κ3) is 3.25. The number of alkyl halides is 2. The highest BCUT2D eigenvalue weighted by Crippen LogP contribution is 2.53. The fourth-order valence-corrected chi connectivity index (χ4v) is 2.01. The summed E-state index contributed by atoms with van der Waals surface area (Å²) in [6.07, 6.45) is 1.36. The molecule has 5 heteroatoms. The van der Waals surface area contributed by atoms with Crippen LogP contribution in [0.3, 0.4) is 0 Å². The molecule has 1 amide bonds. The molecule has 0 aromatic carbocycles. The van der Waals surface area contributed by atoms with E-state index < -0.39 is 9.93 Å². The molecule has 0 radical (unpaired) electrons. The SMILES string of the molecule is CC[C@H](C)[C@](C)(O)CNC(=O)[C@@H]1CC1(Cl)Cl. The van der Waals surface area contributed by atoms with Crippen LogP contribution in [0.4, 0.5) is 0 Å². The third-order valence-electron chi connectivity index (χ3n) is 3.44. The summed E-state index contributed by atoms with van der Waals surface area (Å²) < 4.78 is -0.897. The van der Waals surface area contributed by atoms with Gasteiger partial charge < -0.3 is 10.4 Å². The molecule has 0 saturated heterocycles. The van der Waals surface area contributed by atoms with Crippen molar-refractivity contribution in [2.45, 2.75) is 43.5 Å². The minimum Gasteiger partial charge on any atom is -0.388 e. The van der Waals surface area contributed by atoms with Crippen LogP contribution in [0.15, 0.2) is 0 Å². The molecule has 1 aliphatic rings. The van der Waals surface area contributed by atoms with Crippen LogP contribution in [0, 0.1) is 11.8 Å². The second-order valence-corrected chi connectivity index (χ2v) is 6.44. The van der Waals surface area contributed by atoms with E-state index in [1.165, 1.54) is 0 Å². The van der Waals surface area contributed by atoms with Gasteiger partial charge in [-0.05, 0) is 19.3 Å². The van der Waals surface area contributed by atoms with Crippen LogP contribution < -0.4 is 5.32 Å². The van der Waals surface area contributed by atoms with Crippen molar-refractivity contribution in [2.24, 2.45) is 11.8 Å². The maximum absolute atomic E-state index is 11.6. The molecule has 1 fully saturated rings. The lowest BCUT2D eigenvalue weighted by Gasteiger charge is -2.29. The van der Waals surface area contributed by atoms with Crippen molar-refractivity contribution in [1.82, 2.24) is 5.32 Å². The molecule has 0 spiro atoms. The Morgan fingerprint density at radius 3 is 2.56 bits per heavy atom. The molecule has 0 bridgehead atoms. The fourth-order valence-electron chi connectivity index (χ4n) is 1.50. The van der Waals surface area contributed by atoms with Crippen LogP contribution in [0.25, 0.3) is 0 Å². The number of amides is 1. The minimum absolute atomic E-state index is 0.128. The van der Waals surface area contributed by atoms with E-state index in [9.17, 15) is 9.90 Å². The van der Waals surface area contributed by atoms with E-state index in [1.807, 2.05) is 13.8 Å². The number of hydrogen-bond acceptors (Lipinski definition) is 2. The van der Waals surface area contributed by atoms with Crippen molar-refractivity contribution in [3.05, 3.63) is 0 Å². The van der Waals surface area contributed by atoms with Gasteiger partial charge in [-0.2, -0.15) is 0 Å². The van der Waals surface area contributed by atoms with Gasteiger partial charge in [-0.1, -0.05) is 20.3 Å². The third-order valence-corrected chi connectivity index (χ3v) is 4.27. The molecule has 1 aliphatic carbocycles. The highest BCUT2D eigenvalue weighted by molar-refractivity contribution is 6.52. The summed E-state index contributed by atoms with van der Waals surface area (Å²) in [7, 11) is 0. The molecule has 0 heterocycles. The molecule has 0 unspecified atom stereocenters. The van der Waals surface area contributed by atoms with Crippen molar-refractivity contribution < 1.29 is 9.90 Å². The second kappa shape index (κ2) is 4.71. The first-order valence-corrected chi connectivity index (χ1v) is 6.34. The van der Waals surface area contributed by atoms with Gasteiger partial charge in [0, 0.05) is 6.54 Å². The van der Waals surface area contributed by atoms with Crippen LogP contribution in [-0.2, 0) is 4.79 Å². The Bertz CT molecular complexity index is 279. The maximum atomic E-state index is 11.6. The van der Waals surface area contributed by atoms with Crippen LogP contribution in [0.2, 0.25) is 0 Å². The molecule has 0 aromatic heterocycles. The van der Waals surface area contributed by atoms with Gasteiger partial charge in [-0.25, -0.2) is 0 Å². The summed E-state index contributed by atoms with van der Waals surface area (Å²) >= 11 is 11.6. The number of aliphatic hydroxyl groups is 1. The van der Waals surface area contributed by atoms with Crippen LogP contribution in [0.5, 0.6) is 0 Å². The van der Waals surface area contributed by atoms with Gasteiger partial charge in [0.25, 0.3) is 0 Å². The number of hydrogen-bond donors (Lipinski definition) is 2. The first-order chi connectivity index (χ1) is 7.20. The lowest BCUT2D eigenvalue weighted by atomic mass is 9.88. The standard InChI is InChI=1S/C11H19Cl2NO2/c1-4-7(2)10(3,16)6-14-9(15)8-5-11(8,12)13/h7-8,16H,4-6H2,1-3H3,(H,14,15)/t7-,8-,10+/m0/s1. The summed E-state index contributed by atoms with van der Waals surface area (Å²) in [6.45, 7) is 5.92. The highest BCUT2D eigenvalue weighted by Gasteiger charge is 2.56. The molecule has 3 atom stereocenters. The van der Waals surface area contributed by atoms with Gasteiger partial charge in [0.2, 0.25) is 5.91 Å². The van der Waals surface area contributed by atoms with E-state index >= 15 is 0 Å². The van der Waals surface area contributed by atoms with Gasteiger partial charge in [-0.3, -0.25) is 4.79 Å². The number of nitrogens with one attached hydrogen (secondary N) is 1. The van der Waals surface area contributed by atoms with Crippen molar-refractivity contribution in [3.63, 3.8) is 0 Å². The Morgan fingerprint density at radius 2 is 2.19 bits per heavy atom. The zero-order valence-corrected chi connectivity index (χ0v) is 11.4. The quantitative estimate of drug-likeness (QED) is 0.750. The van der Waals surface area contributed by atoms with Crippen molar-refractivity contribution in [3.8, 4) is 0 Å². The van der Waals surface area contributed by atoms with Crippen molar-refractivity contribution in [1.29, 1.82) is 0 Å². The van der Waals surface area contributed by atoms with Crippen LogP contribution >= 0.6 is 23.2 Å². The smallest absolute Gasteiger partial charge is 0.226 e. The molecule has 2 N–H and O–H groups in total. The normalized spacial score (nSPS) is 28.0. The van der Waals surface area contributed by atoms with Crippen LogP contribution in [-0.4, -0.2) is 27.5 Å². The number of halogens is 2. The summed E-state index contributed by atoms with van der Waals surface area (Å²) in [5.41, 5.74) is -0.888. The van der Waals surface area contributed by atoms with Crippen LogP contribution in [0.1, 0.15) is 33.6 Å². The van der Waals surface area contributed by atoms with E-state index in [4.69, 9.17) is 23.2 Å². The summed E-state index contributed by atoms with van der Waals surface area (Å²) in [6, 6.07) is 0. The van der Waals surface area contributed by atoms with Crippen molar-refractivity contribution >= 4 is 29.1 Å². The first kappa shape index (κ1) is 14.1. The topological polar surface area (TPSA) is 49.3 Å². The Kier molecular flexibility index (Phi) is 4.14. The fraction of sp³-hybridized carbons (Fsp3) is 0.909. The Labute approximate surface area is 106 Å². The average molecular weight is 268 g/mol. The highest BCUT2D eigenvalue weighted by atomic mass is 35.5. The molecular weight excluding hydrogens is 249 g/mol. The summed E-state index contributed by atoms with van der Waals surface area (Å²) in [5, 5.41) is 12.8. The van der Waals surface area contributed by atoms with E-state index in [-0.39, 0.29) is 24.3 Å². The van der Waals surface area contributed by atoms with E-state index in [1.54, 1.807) is 6.92 Å². The lowest BCUT2D eigenvalue weighted by molar-refractivity contribution is -0.124. The predicted octanol–water partition coefficient (Wildman–Crippen LogP) is 2.09. The van der Waals surface area contributed by atoms with Gasteiger partial charge in [-0.15, -0.1) is 23.2 Å². The Balaban J connectivity index is 2.37. The zero-order chi connectivity index (χ0) is 12.6. The van der Waals surface area contributed by atoms with E-state index in [0.29, 0.717) is 6.42 Å². The van der Waals surface area contributed by atoms with Gasteiger partial charge in [0.1, 0.15) is 4.33 Å². The maximum Gasteiger partial charge on any atom is 0.226 e. The van der Waals surface area contributed by atoms with E-state index in [0.717, 1.165) is 6.42 Å². The molecule has 16 heavy (non-hydrogen) atoms. The van der Waals surface area contributed by atoms with Gasteiger partial charge in [0.15, 0.2) is 0 Å². The Hall–Kier alpha value is 0.01000. The largest absolute Gasteiger partial charge is 0.388 e. The Morgan fingerprint density at radius 1 is 1.69 bits per heavy atom. The summed E-state index contributed by atoms with van der Waals surface area (Å²) in [5.74, 6) is -0.374. The zero-order valence-electron chi connectivity index (χ0n) is 9.89. The number of rotatable bonds is 5. The van der Waals surface area contributed by atoms with Gasteiger partial charge in [0.05, 0.1) is 11.5 Å². The minimum atomic E-state index is -0.897. The molecule has 94 valence electrons.